The van der Waals surface area contributed by atoms with E-state index in [0.29, 0.717) is 25.3 Å². The molecule has 1 atom stereocenters. The Balaban J connectivity index is 2.26. The predicted octanol–water partition coefficient (Wildman–Crippen LogP) is 2.33. The molecule has 1 amide bonds. The first-order chi connectivity index (χ1) is 9.56. The van der Waals surface area contributed by atoms with Gasteiger partial charge in [-0.15, -0.1) is 0 Å². The van der Waals surface area contributed by atoms with Gasteiger partial charge in [0.1, 0.15) is 5.75 Å². The van der Waals surface area contributed by atoms with Gasteiger partial charge in [-0.25, -0.2) is 0 Å². The fourth-order valence-electron chi connectivity index (χ4n) is 2.62. The minimum atomic E-state index is -0.410. The SMILES string of the molecule is CCC(=O)N1CCC(c2cc([N+](=O)[O-])ccc2OC)C1. The number of hydrogen-bond donors (Lipinski definition) is 0. The number of carbonyl (C=O) groups excluding carboxylic acids is 1. The predicted molar refractivity (Wildman–Crippen MR) is 73.9 cm³/mol. The van der Waals surface area contributed by atoms with Crippen LogP contribution in [0.3, 0.4) is 0 Å². The van der Waals surface area contributed by atoms with Gasteiger partial charge in [0.2, 0.25) is 5.91 Å². The van der Waals surface area contributed by atoms with E-state index in [0.717, 1.165) is 12.0 Å². The molecule has 1 heterocycles. The van der Waals surface area contributed by atoms with Crippen molar-refractivity contribution in [3.63, 3.8) is 0 Å². The van der Waals surface area contributed by atoms with Crippen molar-refractivity contribution in [3.8, 4) is 5.75 Å². The first kappa shape index (κ1) is 14.3. The summed E-state index contributed by atoms with van der Waals surface area (Å²) in [6, 6.07) is 4.62. The highest BCUT2D eigenvalue weighted by Crippen LogP contribution is 2.36. The summed E-state index contributed by atoms with van der Waals surface area (Å²) >= 11 is 0. The lowest BCUT2D eigenvalue weighted by Gasteiger charge is -2.17. The molecular formula is C14H18N2O4. The molecule has 2 rings (SSSR count). The number of nitro groups is 1. The maximum atomic E-state index is 11.7. The molecule has 1 aromatic carbocycles. The molecule has 0 aromatic heterocycles. The van der Waals surface area contributed by atoms with Crippen molar-refractivity contribution in [1.82, 2.24) is 4.90 Å². The maximum absolute atomic E-state index is 11.7. The fraction of sp³-hybridized carbons (Fsp3) is 0.500. The van der Waals surface area contributed by atoms with E-state index in [1.807, 2.05) is 11.8 Å². The van der Waals surface area contributed by atoms with Crippen LogP contribution in [0.25, 0.3) is 0 Å². The number of nitrogens with zero attached hydrogens (tertiary/aromatic N) is 2. The summed E-state index contributed by atoms with van der Waals surface area (Å²) in [6.07, 6.45) is 1.29. The summed E-state index contributed by atoms with van der Waals surface area (Å²) < 4.78 is 5.29. The fourth-order valence-corrected chi connectivity index (χ4v) is 2.62. The third-order valence-corrected chi connectivity index (χ3v) is 3.71. The molecule has 0 radical (unpaired) electrons. The number of rotatable bonds is 4. The first-order valence-corrected chi connectivity index (χ1v) is 6.67. The van der Waals surface area contributed by atoms with E-state index in [-0.39, 0.29) is 17.5 Å². The molecule has 0 bridgehead atoms. The third-order valence-electron chi connectivity index (χ3n) is 3.71. The van der Waals surface area contributed by atoms with E-state index in [2.05, 4.69) is 0 Å². The van der Waals surface area contributed by atoms with Crippen molar-refractivity contribution in [1.29, 1.82) is 0 Å². The van der Waals surface area contributed by atoms with E-state index >= 15 is 0 Å². The number of carbonyl (C=O) groups is 1. The van der Waals surface area contributed by atoms with Gasteiger partial charge in [0.05, 0.1) is 12.0 Å². The molecule has 108 valence electrons. The lowest BCUT2D eigenvalue weighted by Crippen LogP contribution is -2.27. The highest BCUT2D eigenvalue weighted by molar-refractivity contribution is 5.76. The van der Waals surface area contributed by atoms with Gasteiger partial charge in [0.15, 0.2) is 0 Å². The second-order valence-electron chi connectivity index (χ2n) is 4.86. The van der Waals surface area contributed by atoms with Gasteiger partial charge in [0.25, 0.3) is 5.69 Å². The molecule has 6 nitrogen and oxygen atoms in total. The Kier molecular flexibility index (Phi) is 4.22. The van der Waals surface area contributed by atoms with E-state index in [1.54, 1.807) is 19.2 Å². The number of nitro benzene ring substituents is 1. The Morgan fingerprint density at radius 2 is 2.30 bits per heavy atom. The molecular weight excluding hydrogens is 260 g/mol. The van der Waals surface area contributed by atoms with Gasteiger partial charge >= 0.3 is 0 Å². The van der Waals surface area contributed by atoms with Crippen LogP contribution in [0.2, 0.25) is 0 Å². The van der Waals surface area contributed by atoms with Crippen molar-refractivity contribution >= 4 is 11.6 Å². The summed E-state index contributed by atoms with van der Waals surface area (Å²) in [5.74, 6) is 0.864. The number of non-ortho nitro benzene ring substituents is 1. The molecule has 1 aliphatic heterocycles. The van der Waals surface area contributed by atoms with Gasteiger partial charge in [-0.3, -0.25) is 14.9 Å². The number of ether oxygens (including phenoxy) is 1. The first-order valence-electron chi connectivity index (χ1n) is 6.67. The zero-order valence-corrected chi connectivity index (χ0v) is 11.7. The Bertz CT molecular complexity index is 530. The molecule has 0 saturated carbocycles. The van der Waals surface area contributed by atoms with Crippen LogP contribution in [-0.4, -0.2) is 35.9 Å². The maximum Gasteiger partial charge on any atom is 0.269 e. The summed E-state index contributed by atoms with van der Waals surface area (Å²) in [5, 5.41) is 10.9. The van der Waals surface area contributed by atoms with Crippen LogP contribution >= 0.6 is 0 Å². The molecule has 20 heavy (non-hydrogen) atoms. The van der Waals surface area contributed by atoms with E-state index in [1.165, 1.54) is 6.07 Å². The van der Waals surface area contributed by atoms with Gasteiger partial charge in [0, 0.05) is 43.1 Å². The molecule has 1 saturated heterocycles. The van der Waals surface area contributed by atoms with E-state index in [9.17, 15) is 14.9 Å². The van der Waals surface area contributed by atoms with Crippen LogP contribution in [0.4, 0.5) is 5.69 Å². The Labute approximate surface area is 117 Å². The summed E-state index contributed by atoms with van der Waals surface area (Å²) in [5.41, 5.74) is 0.870. The van der Waals surface area contributed by atoms with Crippen LogP contribution in [0.15, 0.2) is 18.2 Å². The van der Waals surface area contributed by atoms with Crippen molar-refractivity contribution in [2.45, 2.75) is 25.7 Å². The smallest absolute Gasteiger partial charge is 0.269 e. The highest BCUT2D eigenvalue weighted by Gasteiger charge is 2.29. The zero-order valence-electron chi connectivity index (χ0n) is 11.7. The number of methoxy groups -OCH3 is 1. The Morgan fingerprint density at radius 3 is 2.90 bits per heavy atom. The molecule has 1 aliphatic rings. The average molecular weight is 278 g/mol. The minimum absolute atomic E-state index is 0.0565. The summed E-state index contributed by atoms with van der Waals surface area (Å²) in [6.45, 7) is 3.14. The quantitative estimate of drug-likeness (QED) is 0.626. The topological polar surface area (TPSA) is 72.7 Å². The van der Waals surface area contributed by atoms with Crippen molar-refractivity contribution in [3.05, 3.63) is 33.9 Å². The van der Waals surface area contributed by atoms with Gasteiger partial charge < -0.3 is 9.64 Å². The van der Waals surface area contributed by atoms with Crippen molar-refractivity contribution in [2.75, 3.05) is 20.2 Å². The number of hydrogen-bond acceptors (Lipinski definition) is 4. The molecule has 1 unspecified atom stereocenters. The molecule has 1 fully saturated rings. The van der Waals surface area contributed by atoms with Crippen molar-refractivity contribution < 1.29 is 14.5 Å². The molecule has 0 N–H and O–H groups in total. The lowest BCUT2D eigenvalue weighted by molar-refractivity contribution is -0.385. The van der Waals surface area contributed by atoms with E-state index in [4.69, 9.17) is 4.74 Å². The zero-order chi connectivity index (χ0) is 14.7. The minimum Gasteiger partial charge on any atom is -0.496 e. The normalized spacial score (nSPS) is 18.1. The third kappa shape index (κ3) is 2.74. The highest BCUT2D eigenvalue weighted by atomic mass is 16.6. The number of likely N-dealkylation sites (tertiary alicyclic amines) is 1. The summed E-state index contributed by atoms with van der Waals surface area (Å²) in [7, 11) is 1.55. The van der Waals surface area contributed by atoms with Crippen LogP contribution < -0.4 is 4.74 Å². The van der Waals surface area contributed by atoms with Gasteiger partial charge in [-0.05, 0) is 12.5 Å². The second kappa shape index (κ2) is 5.90. The van der Waals surface area contributed by atoms with Crippen LogP contribution in [-0.2, 0) is 4.79 Å². The summed E-state index contributed by atoms with van der Waals surface area (Å²) in [4.78, 5) is 24.0. The largest absolute Gasteiger partial charge is 0.496 e. The Morgan fingerprint density at radius 1 is 1.55 bits per heavy atom. The standard InChI is InChI=1S/C14H18N2O4/c1-3-14(17)15-7-6-10(9-15)12-8-11(16(18)19)4-5-13(12)20-2/h4-5,8,10H,3,6-7,9H2,1-2H3. The van der Waals surface area contributed by atoms with Gasteiger partial charge in [-0.2, -0.15) is 0 Å². The average Bonchev–Trinajstić information content (AvgIpc) is 2.95. The molecule has 1 aromatic rings. The van der Waals surface area contributed by atoms with Gasteiger partial charge in [-0.1, -0.05) is 6.92 Å². The molecule has 6 heteroatoms. The van der Waals surface area contributed by atoms with Crippen LogP contribution in [0, 0.1) is 10.1 Å². The van der Waals surface area contributed by atoms with E-state index < -0.39 is 4.92 Å². The number of amides is 1. The lowest BCUT2D eigenvalue weighted by atomic mass is 9.97. The Hall–Kier alpha value is -2.11. The second-order valence-corrected chi connectivity index (χ2v) is 4.86. The molecule has 0 spiro atoms. The monoisotopic (exact) mass is 278 g/mol. The number of benzene rings is 1. The van der Waals surface area contributed by atoms with Crippen LogP contribution in [0.1, 0.15) is 31.2 Å². The van der Waals surface area contributed by atoms with Crippen molar-refractivity contribution in [2.24, 2.45) is 0 Å². The molecule has 0 aliphatic carbocycles. The van der Waals surface area contributed by atoms with Crippen LogP contribution in [0.5, 0.6) is 5.75 Å².